The van der Waals surface area contributed by atoms with E-state index in [1.165, 1.54) is 0 Å². The van der Waals surface area contributed by atoms with Crippen LogP contribution in [0.25, 0.3) is 0 Å². The van der Waals surface area contributed by atoms with Crippen LogP contribution in [0.2, 0.25) is 0 Å². The Balaban J connectivity index is 2.28. The molecule has 1 saturated heterocycles. The molecule has 1 aliphatic heterocycles. The van der Waals surface area contributed by atoms with E-state index in [9.17, 15) is 15.3 Å². The van der Waals surface area contributed by atoms with Crippen LogP contribution in [-0.2, 0) is 4.74 Å². The monoisotopic (exact) mass is 282 g/mol. The first kappa shape index (κ1) is 15.3. The number of aliphatic hydroxyl groups is 3. The van der Waals surface area contributed by atoms with E-state index in [1.54, 1.807) is 19.2 Å². The largest absolute Gasteiger partial charge is 0.496 e. The zero-order valence-electron chi connectivity index (χ0n) is 12.0. The van der Waals surface area contributed by atoms with Gasteiger partial charge < -0.3 is 24.8 Å². The van der Waals surface area contributed by atoms with Gasteiger partial charge in [-0.25, -0.2) is 0 Å². The fourth-order valence-electron chi connectivity index (χ4n) is 2.64. The molecule has 1 aromatic rings. The van der Waals surface area contributed by atoms with Gasteiger partial charge in [0.15, 0.2) is 0 Å². The molecule has 0 spiro atoms. The number of benzene rings is 1. The molecule has 5 atom stereocenters. The molecule has 1 aromatic carbocycles. The van der Waals surface area contributed by atoms with Crippen molar-refractivity contribution in [2.24, 2.45) is 0 Å². The first-order valence-corrected chi connectivity index (χ1v) is 6.83. The molecule has 0 amide bonds. The van der Waals surface area contributed by atoms with Crippen LogP contribution in [0.15, 0.2) is 18.2 Å². The minimum atomic E-state index is -1.21. The molecule has 0 radical (unpaired) electrons. The standard InChI is InChI=1S/C15H22O5/c1-4-10-12(16)13(17)14(18)15(20-10)9-5-6-11(19-3)8(2)7-9/h5-7,10,12-18H,4H2,1-3H3. The van der Waals surface area contributed by atoms with Crippen LogP contribution in [0.3, 0.4) is 0 Å². The summed E-state index contributed by atoms with van der Waals surface area (Å²) in [6, 6.07) is 5.47. The molecule has 0 saturated carbocycles. The summed E-state index contributed by atoms with van der Waals surface area (Å²) in [6.07, 6.45) is -3.99. The molecular weight excluding hydrogens is 260 g/mol. The lowest BCUT2D eigenvalue weighted by atomic mass is 9.90. The molecule has 20 heavy (non-hydrogen) atoms. The number of hydrogen-bond donors (Lipinski definition) is 3. The Labute approximate surface area is 118 Å². The van der Waals surface area contributed by atoms with Gasteiger partial charge in [-0.15, -0.1) is 0 Å². The lowest BCUT2D eigenvalue weighted by molar-refractivity contribution is -0.225. The van der Waals surface area contributed by atoms with Gasteiger partial charge in [0.1, 0.15) is 30.2 Å². The Hall–Kier alpha value is -1.14. The van der Waals surface area contributed by atoms with Crippen LogP contribution >= 0.6 is 0 Å². The van der Waals surface area contributed by atoms with Crippen LogP contribution in [0.5, 0.6) is 5.75 Å². The average molecular weight is 282 g/mol. The van der Waals surface area contributed by atoms with Gasteiger partial charge in [-0.2, -0.15) is 0 Å². The SMILES string of the molecule is CCC1OC(c2ccc(OC)c(C)c2)C(O)C(O)C1O. The number of rotatable bonds is 3. The predicted molar refractivity (Wildman–Crippen MR) is 73.7 cm³/mol. The summed E-state index contributed by atoms with van der Waals surface area (Å²) in [5.74, 6) is 0.756. The fraction of sp³-hybridized carbons (Fsp3) is 0.600. The molecule has 0 bridgehead atoms. The van der Waals surface area contributed by atoms with Crippen molar-refractivity contribution < 1.29 is 24.8 Å². The van der Waals surface area contributed by atoms with Gasteiger partial charge in [0.2, 0.25) is 0 Å². The third-order valence-corrected chi connectivity index (χ3v) is 3.86. The van der Waals surface area contributed by atoms with Gasteiger partial charge in [-0.05, 0) is 36.6 Å². The topological polar surface area (TPSA) is 79.2 Å². The summed E-state index contributed by atoms with van der Waals surface area (Å²) >= 11 is 0. The molecule has 5 heteroatoms. The van der Waals surface area contributed by atoms with E-state index < -0.39 is 30.5 Å². The quantitative estimate of drug-likeness (QED) is 0.769. The maximum absolute atomic E-state index is 10.1. The molecule has 3 N–H and O–H groups in total. The van der Waals surface area contributed by atoms with Crippen molar-refractivity contribution >= 4 is 0 Å². The Bertz CT molecular complexity index is 460. The Morgan fingerprint density at radius 1 is 1.15 bits per heavy atom. The lowest BCUT2D eigenvalue weighted by Crippen LogP contribution is -2.53. The van der Waals surface area contributed by atoms with Crippen LogP contribution in [0, 0.1) is 6.92 Å². The van der Waals surface area contributed by atoms with E-state index >= 15 is 0 Å². The smallest absolute Gasteiger partial charge is 0.121 e. The summed E-state index contributed by atoms with van der Waals surface area (Å²) < 4.78 is 10.9. The van der Waals surface area contributed by atoms with Gasteiger partial charge in [0.05, 0.1) is 13.2 Å². The zero-order chi connectivity index (χ0) is 14.9. The van der Waals surface area contributed by atoms with Gasteiger partial charge in [0.25, 0.3) is 0 Å². The summed E-state index contributed by atoms with van der Waals surface area (Å²) in [7, 11) is 1.60. The first-order chi connectivity index (χ1) is 9.49. The van der Waals surface area contributed by atoms with E-state index in [0.29, 0.717) is 6.42 Å². The van der Waals surface area contributed by atoms with E-state index in [4.69, 9.17) is 9.47 Å². The number of aliphatic hydroxyl groups excluding tert-OH is 3. The van der Waals surface area contributed by atoms with E-state index in [1.807, 2.05) is 19.9 Å². The van der Waals surface area contributed by atoms with Crippen molar-refractivity contribution in [3.8, 4) is 5.75 Å². The molecular formula is C15H22O5. The third kappa shape index (κ3) is 2.67. The Kier molecular flexibility index (Phi) is 4.65. The Morgan fingerprint density at radius 3 is 2.40 bits per heavy atom. The van der Waals surface area contributed by atoms with Gasteiger partial charge >= 0.3 is 0 Å². The molecule has 0 aliphatic carbocycles. The van der Waals surface area contributed by atoms with Crippen LogP contribution in [-0.4, -0.2) is 46.8 Å². The number of methoxy groups -OCH3 is 1. The molecule has 1 aliphatic rings. The highest BCUT2D eigenvalue weighted by molar-refractivity contribution is 5.37. The minimum absolute atomic E-state index is 0.485. The van der Waals surface area contributed by atoms with Crippen molar-refractivity contribution in [2.75, 3.05) is 7.11 Å². The van der Waals surface area contributed by atoms with E-state index in [0.717, 1.165) is 16.9 Å². The molecule has 2 rings (SSSR count). The lowest BCUT2D eigenvalue weighted by Gasteiger charge is -2.40. The summed E-state index contributed by atoms with van der Waals surface area (Å²) in [6.45, 7) is 3.77. The van der Waals surface area contributed by atoms with Crippen molar-refractivity contribution in [2.45, 2.75) is 50.8 Å². The molecule has 1 fully saturated rings. The highest BCUT2D eigenvalue weighted by atomic mass is 16.5. The van der Waals surface area contributed by atoms with E-state index in [-0.39, 0.29) is 0 Å². The first-order valence-electron chi connectivity index (χ1n) is 6.83. The van der Waals surface area contributed by atoms with Gasteiger partial charge in [-0.1, -0.05) is 13.0 Å². The highest BCUT2D eigenvalue weighted by Crippen LogP contribution is 2.34. The second kappa shape index (κ2) is 6.10. The van der Waals surface area contributed by atoms with Crippen LogP contribution in [0.4, 0.5) is 0 Å². The summed E-state index contributed by atoms with van der Waals surface area (Å²) in [5, 5.41) is 29.9. The minimum Gasteiger partial charge on any atom is -0.496 e. The second-order valence-electron chi connectivity index (χ2n) is 5.20. The van der Waals surface area contributed by atoms with Gasteiger partial charge in [-0.3, -0.25) is 0 Å². The van der Waals surface area contributed by atoms with Crippen molar-refractivity contribution in [3.63, 3.8) is 0 Å². The van der Waals surface area contributed by atoms with Crippen molar-refractivity contribution in [1.82, 2.24) is 0 Å². The summed E-state index contributed by atoms with van der Waals surface area (Å²) in [5.41, 5.74) is 1.69. The number of aryl methyl sites for hydroxylation is 1. The van der Waals surface area contributed by atoms with Crippen LogP contribution in [0.1, 0.15) is 30.6 Å². The normalized spacial score (nSPS) is 34.0. The molecule has 112 valence electrons. The Morgan fingerprint density at radius 2 is 1.85 bits per heavy atom. The van der Waals surface area contributed by atoms with Gasteiger partial charge in [0, 0.05) is 0 Å². The second-order valence-corrected chi connectivity index (χ2v) is 5.20. The highest BCUT2D eigenvalue weighted by Gasteiger charge is 2.43. The third-order valence-electron chi connectivity index (χ3n) is 3.86. The fourth-order valence-corrected chi connectivity index (χ4v) is 2.64. The molecule has 0 aromatic heterocycles. The molecule has 1 heterocycles. The predicted octanol–water partition coefficient (Wildman–Crippen LogP) is 0.936. The van der Waals surface area contributed by atoms with Crippen molar-refractivity contribution in [3.05, 3.63) is 29.3 Å². The number of ether oxygens (including phenoxy) is 2. The average Bonchev–Trinajstić information content (AvgIpc) is 2.45. The maximum Gasteiger partial charge on any atom is 0.121 e. The molecule has 5 unspecified atom stereocenters. The summed E-state index contributed by atoms with van der Waals surface area (Å²) in [4.78, 5) is 0. The number of hydrogen-bond acceptors (Lipinski definition) is 5. The van der Waals surface area contributed by atoms with Crippen molar-refractivity contribution in [1.29, 1.82) is 0 Å². The van der Waals surface area contributed by atoms with Crippen LogP contribution < -0.4 is 4.74 Å². The maximum atomic E-state index is 10.1. The molecule has 5 nitrogen and oxygen atoms in total. The zero-order valence-corrected chi connectivity index (χ0v) is 12.0. The van der Waals surface area contributed by atoms with E-state index in [2.05, 4.69) is 0 Å².